The Morgan fingerprint density at radius 2 is 1.79 bits per heavy atom. The summed E-state index contributed by atoms with van der Waals surface area (Å²) in [6, 6.07) is 0. The van der Waals surface area contributed by atoms with Gasteiger partial charge in [0.05, 0.1) is 19.8 Å². The zero-order chi connectivity index (χ0) is 21.5. The number of hydrogen-bond donors (Lipinski definition) is 2. The van der Waals surface area contributed by atoms with Crippen molar-refractivity contribution >= 4 is 13.8 Å². The Morgan fingerprint density at radius 3 is 2.45 bits per heavy atom. The molecule has 3 unspecified atom stereocenters. The van der Waals surface area contributed by atoms with Crippen LogP contribution in [0.2, 0.25) is 0 Å². The van der Waals surface area contributed by atoms with Crippen LogP contribution in [0.1, 0.15) is 77.6 Å². The smallest absolute Gasteiger partial charge is 0.306 e. The molecule has 29 heavy (non-hydrogen) atoms. The zero-order valence-electron chi connectivity index (χ0n) is 17.9. The van der Waals surface area contributed by atoms with E-state index in [1.165, 1.54) is 44.9 Å². The van der Waals surface area contributed by atoms with Gasteiger partial charge in [0.15, 0.2) is 0 Å². The van der Waals surface area contributed by atoms with Gasteiger partial charge in [-0.15, -0.1) is 0 Å². The van der Waals surface area contributed by atoms with Crippen molar-refractivity contribution in [3.05, 3.63) is 0 Å². The van der Waals surface area contributed by atoms with E-state index in [1.807, 2.05) is 0 Å². The monoisotopic (exact) mass is 437 g/mol. The highest BCUT2D eigenvalue weighted by molar-refractivity contribution is 7.45. The van der Waals surface area contributed by atoms with Gasteiger partial charge in [0.1, 0.15) is 12.7 Å². The summed E-state index contributed by atoms with van der Waals surface area (Å²) in [6.45, 7) is 1.48. The molecule has 0 radical (unpaired) electrons. The predicted octanol–water partition coefficient (Wildman–Crippen LogP) is 2.19. The van der Waals surface area contributed by atoms with Crippen LogP contribution in [-0.4, -0.2) is 43.5 Å². The van der Waals surface area contributed by atoms with Gasteiger partial charge in [-0.2, -0.15) is 0 Å². The predicted molar refractivity (Wildman–Crippen MR) is 108 cm³/mol. The highest BCUT2D eigenvalue weighted by Crippen LogP contribution is 2.45. The van der Waals surface area contributed by atoms with Gasteiger partial charge < -0.3 is 29.5 Å². The topological polar surface area (TPSA) is 133 Å². The molecule has 8 nitrogen and oxygen atoms in total. The molecular weight excluding hydrogens is 397 g/mol. The number of phosphoric ester groups is 1. The highest BCUT2D eigenvalue weighted by Gasteiger charge is 2.34. The van der Waals surface area contributed by atoms with E-state index in [0.29, 0.717) is 0 Å². The fourth-order valence-electron chi connectivity index (χ4n) is 3.45. The average Bonchev–Trinajstić information content (AvgIpc) is 3.45. The summed E-state index contributed by atoms with van der Waals surface area (Å²) >= 11 is 0. The maximum Gasteiger partial charge on any atom is 0.306 e. The molecule has 1 aliphatic rings. The molecule has 0 spiro atoms. The molecule has 1 aliphatic carbocycles. The van der Waals surface area contributed by atoms with E-state index in [-0.39, 0.29) is 19.6 Å². The van der Waals surface area contributed by atoms with E-state index < -0.39 is 33.1 Å². The normalized spacial score (nSPS) is 21.5. The summed E-state index contributed by atoms with van der Waals surface area (Å²) in [4.78, 5) is 23.3. The lowest BCUT2D eigenvalue weighted by Gasteiger charge is -2.24. The first-order valence-electron chi connectivity index (χ1n) is 11.1. The molecule has 0 saturated heterocycles. The van der Waals surface area contributed by atoms with Gasteiger partial charge >= 0.3 is 5.97 Å². The largest absolute Gasteiger partial charge is 0.756 e. The van der Waals surface area contributed by atoms with E-state index in [2.05, 4.69) is 21.7 Å². The van der Waals surface area contributed by atoms with E-state index in [9.17, 15) is 19.4 Å². The third kappa shape index (κ3) is 13.4. The number of carbonyl (C=O) groups excluding carboxylic acids is 1. The lowest BCUT2D eigenvalue weighted by Crippen LogP contribution is -2.52. The number of carbonyl (C=O) groups is 1. The standard InChI is InChI=1S/C20H40NO7P/c1-2-3-9-17-14-18(17)10-7-5-4-6-8-11-20(23)28-19(15-22)16-27-29(24,25)26-13-12-21/h17-19,22H,2-16,21H2,1H3,(H,24,25)/t17?,18?,19-/m1/s1. The summed E-state index contributed by atoms with van der Waals surface area (Å²) in [5, 5.41) is 9.23. The van der Waals surface area contributed by atoms with Gasteiger partial charge in [-0.1, -0.05) is 58.3 Å². The van der Waals surface area contributed by atoms with Crippen molar-refractivity contribution < 1.29 is 38.9 Å². The first kappa shape index (κ1) is 26.5. The number of esters is 1. The van der Waals surface area contributed by atoms with Crippen molar-refractivity contribution in [1.82, 2.24) is 0 Å². The maximum absolute atomic E-state index is 11.8. The third-order valence-corrected chi connectivity index (χ3v) is 6.23. The Kier molecular flexibility index (Phi) is 14.0. The molecule has 1 saturated carbocycles. The van der Waals surface area contributed by atoms with Crippen LogP contribution >= 0.6 is 7.82 Å². The molecule has 0 aromatic rings. The fourth-order valence-corrected chi connectivity index (χ4v) is 4.22. The number of unbranched alkanes of at least 4 members (excludes halogenated alkanes) is 5. The van der Waals surface area contributed by atoms with Crippen molar-refractivity contribution in [1.29, 1.82) is 0 Å². The van der Waals surface area contributed by atoms with Gasteiger partial charge in [0.25, 0.3) is 7.82 Å². The molecule has 0 bridgehead atoms. The lowest BCUT2D eigenvalue weighted by molar-refractivity contribution is -0.373. The molecule has 1 rings (SSSR count). The summed E-state index contributed by atoms with van der Waals surface area (Å²) in [5.41, 5.74) is 3.46. The van der Waals surface area contributed by atoms with E-state index in [1.54, 1.807) is 0 Å². The molecule has 0 aromatic heterocycles. The van der Waals surface area contributed by atoms with Gasteiger partial charge in [-0.05, 0) is 24.7 Å². The van der Waals surface area contributed by atoms with E-state index in [0.717, 1.165) is 31.1 Å². The van der Waals surface area contributed by atoms with Crippen LogP contribution in [0.5, 0.6) is 0 Å². The SMILES string of the molecule is CCCCC1CC1CCCCCCCC(=O)O[C@H](CO)COP(=O)([O-])OCC[NH3+]. The van der Waals surface area contributed by atoms with E-state index in [4.69, 9.17) is 4.74 Å². The molecular formula is C20H40NO7P. The van der Waals surface area contributed by atoms with Crippen LogP contribution in [0, 0.1) is 11.8 Å². The number of quaternary nitrogens is 1. The Labute approximate surface area is 175 Å². The van der Waals surface area contributed by atoms with Gasteiger partial charge in [-0.3, -0.25) is 9.36 Å². The zero-order valence-corrected chi connectivity index (χ0v) is 18.8. The molecule has 1 fully saturated rings. The number of phosphoric acid groups is 1. The molecule has 0 heterocycles. The van der Waals surface area contributed by atoms with Crippen LogP contribution in [0.3, 0.4) is 0 Å². The second kappa shape index (κ2) is 15.3. The summed E-state index contributed by atoms with van der Waals surface area (Å²) < 4.78 is 25.7. The number of aliphatic hydroxyl groups excluding tert-OH is 1. The molecule has 9 heteroatoms. The summed E-state index contributed by atoms with van der Waals surface area (Å²) in [7, 11) is -4.46. The Bertz CT molecular complexity index is 491. The fraction of sp³-hybridized carbons (Fsp3) is 0.950. The number of ether oxygens (including phenoxy) is 1. The molecule has 0 amide bonds. The minimum Gasteiger partial charge on any atom is -0.756 e. The van der Waals surface area contributed by atoms with Crippen LogP contribution in [0.4, 0.5) is 0 Å². The Balaban J connectivity index is 2.01. The Hall–Kier alpha value is -0.500. The van der Waals surface area contributed by atoms with Crippen molar-refractivity contribution in [3.63, 3.8) is 0 Å². The maximum atomic E-state index is 11.8. The van der Waals surface area contributed by atoms with Crippen molar-refractivity contribution in [3.8, 4) is 0 Å². The van der Waals surface area contributed by atoms with Gasteiger partial charge in [0.2, 0.25) is 0 Å². The lowest BCUT2D eigenvalue weighted by atomic mass is 10.1. The average molecular weight is 438 g/mol. The first-order chi connectivity index (χ1) is 13.9. The molecule has 172 valence electrons. The van der Waals surface area contributed by atoms with Crippen molar-refractivity contribution in [2.75, 3.05) is 26.4 Å². The molecule has 4 N–H and O–H groups in total. The first-order valence-corrected chi connectivity index (χ1v) is 12.6. The second-order valence-corrected chi connectivity index (χ2v) is 9.34. The van der Waals surface area contributed by atoms with Crippen molar-refractivity contribution in [2.24, 2.45) is 11.8 Å². The minimum absolute atomic E-state index is 0.0789. The molecule has 4 atom stereocenters. The molecule has 0 aromatic carbocycles. The quantitative estimate of drug-likeness (QED) is 0.180. The summed E-state index contributed by atoms with van der Waals surface area (Å²) in [5.74, 6) is 1.49. The number of hydrogen-bond acceptors (Lipinski definition) is 7. The van der Waals surface area contributed by atoms with Crippen molar-refractivity contribution in [2.45, 2.75) is 83.7 Å². The number of aliphatic hydroxyl groups is 1. The Morgan fingerprint density at radius 1 is 1.14 bits per heavy atom. The summed E-state index contributed by atoms with van der Waals surface area (Å²) in [6.07, 6.45) is 11.3. The second-order valence-electron chi connectivity index (χ2n) is 7.93. The number of rotatable bonds is 19. The van der Waals surface area contributed by atoms with Crippen LogP contribution < -0.4 is 10.6 Å². The van der Waals surface area contributed by atoms with Crippen LogP contribution in [0.25, 0.3) is 0 Å². The van der Waals surface area contributed by atoms with Crippen LogP contribution in [-0.2, 0) is 23.1 Å². The van der Waals surface area contributed by atoms with Gasteiger partial charge in [-0.25, -0.2) is 0 Å². The molecule has 0 aliphatic heterocycles. The third-order valence-electron chi connectivity index (χ3n) is 5.27. The van der Waals surface area contributed by atoms with Crippen LogP contribution in [0.15, 0.2) is 0 Å². The van der Waals surface area contributed by atoms with Gasteiger partial charge in [0, 0.05) is 6.42 Å². The highest BCUT2D eigenvalue weighted by atomic mass is 31.2. The minimum atomic E-state index is -4.46. The van der Waals surface area contributed by atoms with E-state index >= 15 is 0 Å².